The van der Waals surface area contributed by atoms with Crippen LogP contribution in [0.1, 0.15) is 12.8 Å². The Labute approximate surface area is 224 Å². The van der Waals surface area contributed by atoms with E-state index >= 15 is 0 Å². The molecular formula is C25H30ClN7O5. The first-order valence-corrected chi connectivity index (χ1v) is 12.4. The third-order valence-electron chi connectivity index (χ3n) is 6.49. The summed E-state index contributed by atoms with van der Waals surface area (Å²) >= 11 is 6.42. The van der Waals surface area contributed by atoms with Gasteiger partial charge in [-0.2, -0.15) is 4.98 Å². The second kappa shape index (κ2) is 11.5. The Morgan fingerprint density at radius 2 is 1.87 bits per heavy atom. The van der Waals surface area contributed by atoms with E-state index < -0.39 is 5.56 Å². The van der Waals surface area contributed by atoms with Crippen molar-refractivity contribution < 1.29 is 19.1 Å². The van der Waals surface area contributed by atoms with Crippen LogP contribution in [0.25, 0.3) is 10.9 Å². The average molecular weight is 544 g/mol. The molecule has 0 unspecified atom stereocenters. The minimum Gasteiger partial charge on any atom is -0.494 e. The minimum atomic E-state index is -0.399. The van der Waals surface area contributed by atoms with Crippen LogP contribution in [0, 0.1) is 5.92 Å². The van der Waals surface area contributed by atoms with Gasteiger partial charge in [0.15, 0.2) is 18.2 Å². The highest BCUT2D eigenvalue weighted by Crippen LogP contribution is 2.33. The van der Waals surface area contributed by atoms with Crippen LogP contribution >= 0.6 is 11.6 Å². The number of ether oxygens (including phenoxy) is 2. The highest BCUT2D eigenvalue weighted by atomic mass is 35.5. The zero-order valence-electron chi connectivity index (χ0n) is 21.6. The first kappa shape index (κ1) is 27.0. The third-order valence-corrected chi connectivity index (χ3v) is 6.77. The van der Waals surface area contributed by atoms with Crippen molar-refractivity contribution in [2.45, 2.75) is 12.8 Å². The summed E-state index contributed by atoms with van der Waals surface area (Å²) in [7, 11) is 6.25. The van der Waals surface area contributed by atoms with Crippen LogP contribution < -0.4 is 35.9 Å². The Hall–Kier alpha value is -4.06. The van der Waals surface area contributed by atoms with Crippen LogP contribution in [-0.4, -0.2) is 67.3 Å². The Morgan fingerprint density at radius 3 is 2.53 bits per heavy atom. The second-order valence-corrected chi connectivity index (χ2v) is 9.23. The number of aryl methyl sites for hydroxylation is 1. The maximum atomic E-state index is 12.8. The number of amides is 2. The molecule has 202 valence electrons. The number of halogens is 1. The Balaban J connectivity index is 1.63. The van der Waals surface area contributed by atoms with Gasteiger partial charge >= 0.3 is 0 Å². The summed E-state index contributed by atoms with van der Waals surface area (Å²) in [5, 5.41) is 9.35. The van der Waals surface area contributed by atoms with Crippen LogP contribution in [0.4, 0.5) is 17.5 Å². The molecule has 3 heterocycles. The van der Waals surface area contributed by atoms with Crippen molar-refractivity contribution in [3.8, 4) is 11.5 Å². The predicted molar refractivity (Wildman–Crippen MR) is 145 cm³/mol. The summed E-state index contributed by atoms with van der Waals surface area (Å²) in [4.78, 5) is 47.4. The topological polar surface area (TPSA) is 140 Å². The van der Waals surface area contributed by atoms with E-state index in [1.807, 2.05) is 4.90 Å². The molecule has 1 aliphatic rings. The molecule has 13 heteroatoms. The van der Waals surface area contributed by atoms with E-state index in [1.54, 1.807) is 32.3 Å². The Bertz CT molecular complexity index is 1420. The van der Waals surface area contributed by atoms with Crippen LogP contribution in [0.2, 0.25) is 5.02 Å². The molecule has 0 bridgehead atoms. The molecule has 1 fully saturated rings. The van der Waals surface area contributed by atoms with E-state index in [0.717, 1.165) is 0 Å². The van der Waals surface area contributed by atoms with E-state index in [9.17, 15) is 14.4 Å². The average Bonchev–Trinajstić information content (AvgIpc) is 2.94. The summed E-state index contributed by atoms with van der Waals surface area (Å²) < 4.78 is 12.4. The van der Waals surface area contributed by atoms with Gasteiger partial charge in [0.1, 0.15) is 10.8 Å². The van der Waals surface area contributed by atoms with Crippen molar-refractivity contribution in [1.29, 1.82) is 0 Å². The van der Waals surface area contributed by atoms with Gasteiger partial charge in [0.25, 0.3) is 11.5 Å². The van der Waals surface area contributed by atoms with Crippen molar-refractivity contribution in [3.05, 3.63) is 39.8 Å². The molecule has 38 heavy (non-hydrogen) atoms. The zero-order valence-corrected chi connectivity index (χ0v) is 22.4. The number of likely N-dealkylation sites (N-methyl/N-ethyl adjacent to an activating group) is 1. The van der Waals surface area contributed by atoms with E-state index in [0.29, 0.717) is 65.1 Å². The molecular weight excluding hydrogens is 514 g/mol. The molecule has 0 radical (unpaired) electrons. The number of hydrogen-bond acceptors (Lipinski definition) is 9. The summed E-state index contributed by atoms with van der Waals surface area (Å²) in [6, 6.07) is 5.11. The fourth-order valence-corrected chi connectivity index (χ4v) is 4.53. The third kappa shape index (κ3) is 5.59. The lowest BCUT2D eigenvalue weighted by atomic mass is 9.96. The van der Waals surface area contributed by atoms with Gasteiger partial charge in [0.2, 0.25) is 11.9 Å². The summed E-state index contributed by atoms with van der Waals surface area (Å²) in [6.07, 6.45) is 2.95. The number of fused-ring (bicyclic) bond motifs is 1. The molecule has 2 aromatic heterocycles. The van der Waals surface area contributed by atoms with Gasteiger partial charge in [0, 0.05) is 57.3 Å². The molecule has 12 nitrogen and oxygen atoms in total. The van der Waals surface area contributed by atoms with Crippen LogP contribution in [0.5, 0.6) is 11.5 Å². The van der Waals surface area contributed by atoms with Crippen molar-refractivity contribution in [2.75, 3.05) is 51.1 Å². The van der Waals surface area contributed by atoms with E-state index in [2.05, 4.69) is 25.9 Å². The largest absolute Gasteiger partial charge is 0.494 e. The van der Waals surface area contributed by atoms with Crippen LogP contribution in [0.3, 0.4) is 0 Å². The van der Waals surface area contributed by atoms with Crippen molar-refractivity contribution in [2.24, 2.45) is 13.0 Å². The highest BCUT2D eigenvalue weighted by Gasteiger charge is 2.26. The molecule has 3 N–H and O–H groups in total. The molecule has 0 saturated carbocycles. The molecule has 1 aliphatic heterocycles. The number of carbonyl (C=O) groups excluding carboxylic acids is 2. The van der Waals surface area contributed by atoms with E-state index in [1.165, 1.54) is 24.9 Å². The monoisotopic (exact) mass is 543 g/mol. The molecule has 4 rings (SSSR count). The Morgan fingerprint density at radius 1 is 1.13 bits per heavy atom. The minimum absolute atomic E-state index is 0.0209. The first-order valence-electron chi connectivity index (χ1n) is 12.1. The van der Waals surface area contributed by atoms with Gasteiger partial charge in [-0.25, -0.2) is 4.98 Å². The first-order chi connectivity index (χ1) is 18.2. The normalized spacial score (nSPS) is 13.8. The van der Waals surface area contributed by atoms with Gasteiger partial charge in [0.05, 0.1) is 18.8 Å². The zero-order chi connectivity index (χ0) is 27.4. The number of aromatic nitrogens is 3. The highest BCUT2D eigenvalue weighted by molar-refractivity contribution is 6.32. The molecule has 3 aromatic rings. The quantitative estimate of drug-likeness (QED) is 0.388. The van der Waals surface area contributed by atoms with Gasteiger partial charge in [-0.3, -0.25) is 14.4 Å². The van der Waals surface area contributed by atoms with E-state index in [4.69, 9.17) is 21.1 Å². The molecule has 0 aliphatic carbocycles. The predicted octanol–water partition coefficient (Wildman–Crippen LogP) is 1.82. The number of carbonyl (C=O) groups is 2. The number of anilines is 3. The second-order valence-electron chi connectivity index (χ2n) is 8.82. The van der Waals surface area contributed by atoms with Crippen molar-refractivity contribution >= 4 is 51.8 Å². The number of nitrogens with one attached hydrogen (secondary N) is 3. The molecule has 1 aromatic carbocycles. The van der Waals surface area contributed by atoms with Gasteiger partial charge < -0.3 is 34.9 Å². The number of pyridine rings is 1. The summed E-state index contributed by atoms with van der Waals surface area (Å²) in [6.45, 7) is 1.01. The summed E-state index contributed by atoms with van der Waals surface area (Å²) in [5.41, 5.74) is 0.767. The molecule has 0 atom stereocenters. The number of methoxy groups -OCH3 is 1. The number of nitrogens with zero attached hydrogens (tertiary/aromatic N) is 4. The van der Waals surface area contributed by atoms with Crippen molar-refractivity contribution in [1.82, 2.24) is 25.2 Å². The number of rotatable bonds is 8. The lowest BCUT2D eigenvalue weighted by molar-refractivity contribution is -0.125. The van der Waals surface area contributed by atoms with Crippen molar-refractivity contribution in [3.63, 3.8) is 0 Å². The van der Waals surface area contributed by atoms with Gasteiger partial charge in [-0.1, -0.05) is 11.6 Å². The Kier molecular flexibility index (Phi) is 8.20. The van der Waals surface area contributed by atoms with Gasteiger partial charge in [-0.15, -0.1) is 0 Å². The smallest absolute Gasteiger partial charge is 0.293 e. The molecule has 0 spiro atoms. The molecule has 1 saturated heterocycles. The lowest BCUT2D eigenvalue weighted by Gasteiger charge is -2.31. The van der Waals surface area contributed by atoms with Crippen LogP contribution in [0.15, 0.2) is 29.2 Å². The standard InChI is InChI=1S/C25H30ClN7O5/c1-27-20(34)13-38-19-10-15-9-16(11-18(37-4)21(15)32(3)24(19)36)30-22-17(26)12-29-25(31-22)33-7-5-14(6-8-33)23(35)28-2/h9-12,14H,5-8,13H2,1-4H3,(H,27,34)(H,28,35)(H,29,30,31). The van der Waals surface area contributed by atoms with Gasteiger partial charge in [-0.05, 0) is 25.0 Å². The number of benzene rings is 1. The maximum absolute atomic E-state index is 12.8. The molecule has 2 amide bonds. The summed E-state index contributed by atoms with van der Waals surface area (Å²) in [5.74, 6) is 1.06. The maximum Gasteiger partial charge on any atom is 0.293 e. The number of hydrogen-bond donors (Lipinski definition) is 3. The van der Waals surface area contributed by atoms with E-state index in [-0.39, 0.29) is 30.1 Å². The van der Waals surface area contributed by atoms with Crippen LogP contribution in [-0.2, 0) is 16.6 Å². The number of piperidine rings is 1. The fraction of sp³-hybridized carbons (Fsp3) is 0.400. The SMILES string of the molecule is CNC(=O)COc1cc2cc(Nc3nc(N4CCC(C(=O)NC)CC4)ncc3Cl)cc(OC)c2n(C)c1=O. The fourth-order valence-electron chi connectivity index (χ4n) is 4.40. The lowest BCUT2D eigenvalue weighted by Crippen LogP contribution is -2.40.